The van der Waals surface area contributed by atoms with Crippen LogP contribution in [-0.4, -0.2) is 22.3 Å². The summed E-state index contributed by atoms with van der Waals surface area (Å²) in [5, 5.41) is 30.1. The molecule has 4 nitrogen and oxygen atoms in total. The summed E-state index contributed by atoms with van der Waals surface area (Å²) >= 11 is 1.31. The van der Waals surface area contributed by atoms with Crippen LogP contribution < -0.4 is 11.2 Å². The summed E-state index contributed by atoms with van der Waals surface area (Å²) in [5.74, 6) is -0.188. The molecular weight excluding hydrogens is 201 g/mol. The highest BCUT2D eigenvalue weighted by Gasteiger charge is 2.21. The number of anilines is 1. The minimum atomic E-state index is -1.68. The van der Waals surface area contributed by atoms with Gasteiger partial charge in [-0.25, -0.2) is 0 Å². The zero-order valence-electron chi connectivity index (χ0n) is 7.14. The largest absolute Gasteiger partial charge is 0.508 e. The molecule has 0 saturated heterocycles. The van der Waals surface area contributed by atoms with Crippen LogP contribution in [0.4, 0.5) is 5.69 Å². The van der Waals surface area contributed by atoms with Crippen LogP contribution in [0, 0.1) is 0 Å². The Bertz CT molecular complexity index is 483. The zero-order valence-corrected chi connectivity index (χ0v) is 7.95. The standard InChI is InChI=1S/C8H8BNO3S/c10-5-3-6(11)7(9(12)13)8-4(5)1-2-14-8/h1-3,11-13H,10H2. The van der Waals surface area contributed by atoms with E-state index in [9.17, 15) is 5.11 Å². The lowest BCUT2D eigenvalue weighted by Gasteiger charge is -2.06. The molecule has 1 aromatic heterocycles. The summed E-state index contributed by atoms with van der Waals surface area (Å²) in [7, 11) is -1.68. The second-order valence-corrected chi connectivity index (χ2v) is 3.85. The molecule has 0 aliphatic rings. The molecule has 1 heterocycles. The lowest BCUT2D eigenvalue weighted by molar-refractivity contribution is 0.420. The second kappa shape index (κ2) is 3.16. The average Bonchev–Trinajstić information content (AvgIpc) is 2.51. The first-order valence-electron chi connectivity index (χ1n) is 3.96. The van der Waals surface area contributed by atoms with Crippen molar-refractivity contribution in [3.63, 3.8) is 0 Å². The van der Waals surface area contributed by atoms with Crippen molar-refractivity contribution >= 4 is 39.7 Å². The molecule has 0 unspecified atom stereocenters. The minimum absolute atomic E-state index is 0.115. The molecule has 0 radical (unpaired) electrons. The lowest BCUT2D eigenvalue weighted by atomic mass is 9.79. The lowest BCUT2D eigenvalue weighted by Crippen LogP contribution is -2.30. The zero-order chi connectivity index (χ0) is 10.3. The van der Waals surface area contributed by atoms with E-state index in [4.69, 9.17) is 15.8 Å². The van der Waals surface area contributed by atoms with Crippen LogP contribution in [0.5, 0.6) is 5.75 Å². The molecule has 0 aliphatic heterocycles. The molecule has 6 heteroatoms. The third-order valence-electron chi connectivity index (χ3n) is 2.05. The van der Waals surface area contributed by atoms with Gasteiger partial charge in [-0.1, -0.05) is 0 Å². The number of nitrogen functional groups attached to an aromatic ring is 1. The number of hydrogen-bond acceptors (Lipinski definition) is 5. The van der Waals surface area contributed by atoms with Gasteiger partial charge in [0.2, 0.25) is 0 Å². The van der Waals surface area contributed by atoms with E-state index in [-0.39, 0.29) is 11.2 Å². The van der Waals surface area contributed by atoms with Crippen LogP contribution in [-0.2, 0) is 0 Å². The highest BCUT2D eigenvalue weighted by Crippen LogP contribution is 2.28. The van der Waals surface area contributed by atoms with Crippen LogP contribution in [0.2, 0.25) is 0 Å². The maximum atomic E-state index is 9.48. The highest BCUT2D eigenvalue weighted by atomic mass is 32.1. The third kappa shape index (κ3) is 1.24. The Hall–Kier alpha value is -1.24. The topological polar surface area (TPSA) is 86.7 Å². The SMILES string of the molecule is Nc1cc(O)c(B(O)O)c2sccc12. The van der Waals surface area contributed by atoms with Crippen LogP contribution in [0.15, 0.2) is 17.5 Å². The molecule has 2 rings (SSSR count). The number of phenolic OH excluding ortho intramolecular Hbond substituents is 1. The van der Waals surface area contributed by atoms with Gasteiger partial charge in [-0.05, 0) is 11.4 Å². The monoisotopic (exact) mass is 209 g/mol. The van der Waals surface area contributed by atoms with E-state index in [1.54, 1.807) is 11.4 Å². The molecule has 0 saturated carbocycles. The second-order valence-electron chi connectivity index (χ2n) is 2.94. The molecule has 2 aromatic rings. The smallest absolute Gasteiger partial charge is 0.493 e. The predicted octanol–water partition coefficient (Wildman–Crippen LogP) is -0.131. The summed E-state index contributed by atoms with van der Waals surface area (Å²) in [6.45, 7) is 0. The van der Waals surface area contributed by atoms with Crippen molar-refractivity contribution in [1.29, 1.82) is 0 Å². The molecule has 72 valence electrons. The summed E-state index contributed by atoms with van der Waals surface area (Å²) in [5.41, 5.74) is 6.20. The molecule has 0 aliphatic carbocycles. The molecule has 1 aromatic carbocycles. The molecule has 0 bridgehead atoms. The Kier molecular flexibility index (Phi) is 2.11. The van der Waals surface area contributed by atoms with Crippen molar-refractivity contribution in [2.45, 2.75) is 0 Å². The van der Waals surface area contributed by atoms with E-state index in [0.717, 1.165) is 5.39 Å². The van der Waals surface area contributed by atoms with Crippen LogP contribution in [0.25, 0.3) is 10.1 Å². The highest BCUT2D eigenvalue weighted by molar-refractivity contribution is 7.18. The fourth-order valence-corrected chi connectivity index (χ4v) is 2.40. The first kappa shape index (κ1) is 9.33. The molecule has 0 atom stereocenters. The first-order valence-corrected chi connectivity index (χ1v) is 4.84. The van der Waals surface area contributed by atoms with Crippen LogP contribution in [0.3, 0.4) is 0 Å². The van der Waals surface area contributed by atoms with Gasteiger partial charge >= 0.3 is 7.12 Å². The van der Waals surface area contributed by atoms with E-state index < -0.39 is 7.12 Å². The summed E-state index contributed by atoms with van der Waals surface area (Å²) in [6, 6.07) is 3.10. The van der Waals surface area contributed by atoms with Gasteiger partial charge in [0.1, 0.15) is 5.75 Å². The predicted molar refractivity (Wildman–Crippen MR) is 57.7 cm³/mol. The van der Waals surface area contributed by atoms with Crippen molar-refractivity contribution < 1.29 is 15.2 Å². The maximum Gasteiger partial charge on any atom is 0.493 e. The van der Waals surface area contributed by atoms with Crippen molar-refractivity contribution in [3.8, 4) is 5.75 Å². The molecular formula is C8H8BNO3S. The maximum absolute atomic E-state index is 9.48. The van der Waals surface area contributed by atoms with Crippen LogP contribution >= 0.6 is 11.3 Å². The number of aromatic hydroxyl groups is 1. The van der Waals surface area contributed by atoms with E-state index in [2.05, 4.69) is 0 Å². The summed E-state index contributed by atoms with van der Waals surface area (Å²) in [4.78, 5) is 0. The fourth-order valence-electron chi connectivity index (χ4n) is 1.41. The molecule has 0 fully saturated rings. The van der Waals surface area contributed by atoms with Gasteiger partial charge < -0.3 is 20.9 Å². The summed E-state index contributed by atoms with van der Waals surface area (Å²) < 4.78 is 0.609. The van der Waals surface area contributed by atoms with Crippen LogP contribution in [0.1, 0.15) is 0 Å². The van der Waals surface area contributed by atoms with Crippen molar-refractivity contribution in [3.05, 3.63) is 17.5 Å². The van der Waals surface area contributed by atoms with Crippen molar-refractivity contribution in [2.24, 2.45) is 0 Å². The number of fused-ring (bicyclic) bond motifs is 1. The number of thiophene rings is 1. The fraction of sp³-hybridized carbons (Fsp3) is 0. The van der Waals surface area contributed by atoms with Crippen molar-refractivity contribution in [2.75, 3.05) is 5.73 Å². The average molecular weight is 209 g/mol. The van der Waals surface area contributed by atoms with Gasteiger partial charge in [0.05, 0.1) is 0 Å². The van der Waals surface area contributed by atoms with E-state index in [0.29, 0.717) is 10.4 Å². The van der Waals surface area contributed by atoms with Gasteiger partial charge in [-0.2, -0.15) is 0 Å². The van der Waals surface area contributed by atoms with Crippen molar-refractivity contribution in [1.82, 2.24) is 0 Å². The summed E-state index contributed by atoms with van der Waals surface area (Å²) in [6.07, 6.45) is 0. The number of phenols is 1. The number of nitrogens with two attached hydrogens (primary N) is 1. The Morgan fingerprint density at radius 3 is 2.71 bits per heavy atom. The molecule has 0 amide bonds. The Labute approximate surface area is 84.4 Å². The number of hydrogen-bond donors (Lipinski definition) is 4. The Morgan fingerprint density at radius 2 is 2.07 bits per heavy atom. The number of benzene rings is 1. The van der Waals surface area contributed by atoms with Gasteiger partial charge in [-0.3, -0.25) is 0 Å². The molecule has 14 heavy (non-hydrogen) atoms. The Morgan fingerprint density at radius 1 is 1.36 bits per heavy atom. The quantitative estimate of drug-likeness (QED) is 0.389. The number of rotatable bonds is 1. The molecule has 5 N–H and O–H groups in total. The Balaban J connectivity index is 2.86. The van der Waals surface area contributed by atoms with Gasteiger partial charge in [0, 0.05) is 27.3 Å². The molecule has 0 spiro atoms. The first-order chi connectivity index (χ1) is 6.61. The van der Waals surface area contributed by atoms with Gasteiger partial charge in [-0.15, -0.1) is 11.3 Å². The normalized spacial score (nSPS) is 10.7. The van der Waals surface area contributed by atoms with Gasteiger partial charge in [0.15, 0.2) is 0 Å². The minimum Gasteiger partial charge on any atom is -0.508 e. The van der Waals surface area contributed by atoms with Gasteiger partial charge in [0.25, 0.3) is 0 Å². The third-order valence-corrected chi connectivity index (χ3v) is 2.99. The van der Waals surface area contributed by atoms with E-state index in [1.807, 2.05) is 0 Å². The van der Waals surface area contributed by atoms with E-state index in [1.165, 1.54) is 17.4 Å². The van der Waals surface area contributed by atoms with E-state index >= 15 is 0 Å².